The average Bonchev–Trinajstić information content (AvgIpc) is 3.20. The van der Waals surface area contributed by atoms with E-state index in [-0.39, 0.29) is 17.2 Å². The maximum Gasteiger partial charge on any atom is 0.283 e. The number of fused-ring (bicyclic) bond motifs is 1. The normalized spacial score (nSPS) is 12.6. The second-order valence-electron chi connectivity index (χ2n) is 7.68. The number of nitro benzene ring substituents is 1. The minimum Gasteiger partial charge on any atom is -0.348 e. The van der Waals surface area contributed by atoms with Crippen molar-refractivity contribution in [1.82, 2.24) is 5.32 Å². The Bertz CT molecular complexity index is 1210. The molecule has 0 bridgehead atoms. The van der Waals surface area contributed by atoms with Crippen LogP contribution in [-0.2, 0) is 19.4 Å². The predicted octanol–water partition coefficient (Wildman–Crippen LogP) is 5.44. The first-order chi connectivity index (χ1) is 16.0. The Morgan fingerprint density at radius 2 is 1.85 bits per heavy atom. The molecule has 1 aliphatic carbocycles. The van der Waals surface area contributed by atoms with Crippen molar-refractivity contribution in [2.24, 2.45) is 0 Å². The molecule has 2 N–H and O–H groups in total. The number of carbonyl (C=O) groups is 2. The van der Waals surface area contributed by atoms with Gasteiger partial charge in [-0.25, -0.2) is 0 Å². The molecular weight excluding hydrogens is 458 g/mol. The number of amides is 2. The lowest BCUT2D eigenvalue weighted by Gasteiger charge is -2.13. The number of rotatable bonds is 7. The molecule has 1 heterocycles. The SMILES string of the molecule is CSc1ccc(C(=O)Nc2sc3c(c2C(=O)NCc2ccccc2)CCCC3)cc1[N+](=O)[O-]. The summed E-state index contributed by atoms with van der Waals surface area (Å²) < 4.78 is 0. The summed E-state index contributed by atoms with van der Waals surface area (Å²) >= 11 is 2.67. The number of carbonyl (C=O) groups excluding carboxylic acids is 2. The van der Waals surface area contributed by atoms with E-state index in [1.165, 1.54) is 29.2 Å². The fourth-order valence-corrected chi connectivity index (χ4v) is 5.74. The molecule has 1 aliphatic rings. The van der Waals surface area contributed by atoms with Crippen molar-refractivity contribution in [3.63, 3.8) is 0 Å². The summed E-state index contributed by atoms with van der Waals surface area (Å²) in [7, 11) is 0. The molecule has 0 fully saturated rings. The van der Waals surface area contributed by atoms with Crippen molar-refractivity contribution in [1.29, 1.82) is 0 Å². The van der Waals surface area contributed by atoms with Crippen LogP contribution < -0.4 is 10.6 Å². The van der Waals surface area contributed by atoms with Gasteiger partial charge >= 0.3 is 0 Å². The summed E-state index contributed by atoms with van der Waals surface area (Å²) in [5.41, 5.74) is 2.56. The predicted molar refractivity (Wildman–Crippen MR) is 131 cm³/mol. The van der Waals surface area contributed by atoms with Crippen LogP contribution in [0.2, 0.25) is 0 Å². The van der Waals surface area contributed by atoms with Gasteiger partial charge in [0.2, 0.25) is 0 Å². The van der Waals surface area contributed by atoms with Crippen molar-refractivity contribution < 1.29 is 14.5 Å². The lowest BCUT2D eigenvalue weighted by molar-refractivity contribution is -0.387. The van der Waals surface area contributed by atoms with Crippen molar-refractivity contribution in [2.45, 2.75) is 37.1 Å². The maximum absolute atomic E-state index is 13.2. The fraction of sp³-hybridized carbons (Fsp3) is 0.250. The van der Waals surface area contributed by atoms with E-state index in [9.17, 15) is 19.7 Å². The first-order valence-electron chi connectivity index (χ1n) is 10.6. The van der Waals surface area contributed by atoms with E-state index in [0.29, 0.717) is 22.0 Å². The molecule has 4 rings (SSSR count). The minimum atomic E-state index is -0.491. The van der Waals surface area contributed by atoms with Crippen LogP contribution >= 0.6 is 23.1 Å². The topological polar surface area (TPSA) is 101 Å². The Labute approximate surface area is 199 Å². The number of nitrogens with zero attached hydrogens (tertiary/aromatic N) is 1. The van der Waals surface area contributed by atoms with Crippen molar-refractivity contribution in [3.05, 3.63) is 85.8 Å². The van der Waals surface area contributed by atoms with Gasteiger partial charge in [-0.15, -0.1) is 23.1 Å². The zero-order valence-corrected chi connectivity index (χ0v) is 19.7. The molecule has 0 saturated carbocycles. The van der Waals surface area contributed by atoms with Crippen molar-refractivity contribution in [3.8, 4) is 0 Å². The van der Waals surface area contributed by atoms with E-state index in [4.69, 9.17) is 0 Å². The standard InChI is InChI=1S/C24H23N3O4S2/c1-32-20-12-11-16(13-18(20)27(30)31)22(28)26-24-21(17-9-5-6-10-19(17)33-24)23(29)25-14-15-7-3-2-4-8-15/h2-4,7-8,11-13H,5-6,9-10,14H2,1H3,(H,25,29)(H,26,28). The van der Waals surface area contributed by atoms with Gasteiger partial charge in [-0.2, -0.15) is 0 Å². The number of nitro groups is 1. The third-order valence-corrected chi connectivity index (χ3v) is 7.55. The lowest BCUT2D eigenvalue weighted by Crippen LogP contribution is -2.25. The number of thiophene rings is 1. The van der Waals surface area contributed by atoms with Gasteiger partial charge in [-0.3, -0.25) is 19.7 Å². The van der Waals surface area contributed by atoms with Crippen LogP contribution in [0.3, 0.4) is 0 Å². The smallest absolute Gasteiger partial charge is 0.283 e. The molecule has 3 aromatic rings. The lowest BCUT2D eigenvalue weighted by atomic mass is 9.95. The van der Waals surface area contributed by atoms with Gasteiger partial charge in [-0.1, -0.05) is 30.3 Å². The van der Waals surface area contributed by atoms with E-state index < -0.39 is 10.8 Å². The van der Waals surface area contributed by atoms with E-state index in [1.54, 1.807) is 18.4 Å². The van der Waals surface area contributed by atoms with Gasteiger partial charge < -0.3 is 10.6 Å². The van der Waals surface area contributed by atoms with Crippen molar-refractivity contribution >= 4 is 45.6 Å². The summed E-state index contributed by atoms with van der Waals surface area (Å²) in [6.07, 6.45) is 5.47. The summed E-state index contributed by atoms with van der Waals surface area (Å²) in [5, 5.41) is 17.7. The van der Waals surface area contributed by atoms with Crippen molar-refractivity contribution in [2.75, 3.05) is 11.6 Å². The molecule has 0 spiro atoms. The minimum absolute atomic E-state index is 0.110. The molecule has 33 heavy (non-hydrogen) atoms. The number of thioether (sulfide) groups is 1. The first kappa shape index (κ1) is 23.0. The molecular formula is C24H23N3O4S2. The molecule has 9 heteroatoms. The molecule has 2 amide bonds. The molecule has 0 saturated heterocycles. The van der Waals surface area contributed by atoms with E-state index in [0.717, 1.165) is 41.7 Å². The second-order valence-corrected chi connectivity index (χ2v) is 9.63. The average molecular weight is 482 g/mol. The number of hydrogen-bond donors (Lipinski definition) is 2. The highest BCUT2D eigenvalue weighted by atomic mass is 32.2. The van der Waals surface area contributed by atoms with Crippen LogP contribution in [0, 0.1) is 10.1 Å². The van der Waals surface area contributed by atoms with Crippen LogP contribution in [0.4, 0.5) is 10.7 Å². The fourth-order valence-electron chi connectivity index (χ4n) is 3.91. The Kier molecular flexibility index (Phi) is 7.10. The summed E-state index contributed by atoms with van der Waals surface area (Å²) in [4.78, 5) is 38.7. The molecule has 2 aromatic carbocycles. The van der Waals surface area contributed by atoms with Gasteiger partial charge in [0.25, 0.3) is 17.5 Å². The van der Waals surface area contributed by atoms with Gasteiger partial charge in [0.05, 0.1) is 15.4 Å². The van der Waals surface area contributed by atoms with Gasteiger partial charge in [0.15, 0.2) is 0 Å². The maximum atomic E-state index is 13.2. The highest BCUT2D eigenvalue weighted by molar-refractivity contribution is 7.98. The van der Waals surface area contributed by atoms with Crippen LogP contribution in [0.15, 0.2) is 53.4 Å². The number of benzene rings is 2. The molecule has 0 radical (unpaired) electrons. The second kappa shape index (κ2) is 10.2. The van der Waals surface area contributed by atoms with E-state index in [1.807, 2.05) is 30.3 Å². The summed E-state index contributed by atoms with van der Waals surface area (Å²) in [6.45, 7) is 0.389. The van der Waals surface area contributed by atoms with Crippen LogP contribution in [0.5, 0.6) is 0 Å². The highest BCUT2D eigenvalue weighted by Gasteiger charge is 2.27. The molecule has 0 atom stereocenters. The zero-order chi connectivity index (χ0) is 23.4. The van der Waals surface area contributed by atoms with Gasteiger partial charge in [0.1, 0.15) is 5.00 Å². The Balaban J connectivity index is 1.60. The number of aryl methyl sites for hydroxylation is 1. The molecule has 1 aromatic heterocycles. The Morgan fingerprint density at radius 3 is 2.58 bits per heavy atom. The third-order valence-electron chi connectivity index (χ3n) is 5.56. The first-order valence-corrected chi connectivity index (χ1v) is 12.6. The van der Waals surface area contributed by atoms with Gasteiger partial charge in [0, 0.05) is 23.1 Å². The number of nitrogens with one attached hydrogen (secondary N) is 2. The van der Waals surface area contributed by atoms with Crippen LogP contribution in [0.1, 0.15) is 49.6 Å². The molecule has 0 unspecified atom stereocenters. The van der Waals surface area contributed by atoms with E-state index >= 15 is 0 Å². The molecule has 0 aliphatic heterocycles. The highest BCUT2D eigenvalue weighted by Crippen LogP contribution is 2.38. The van der Waals surface area contributed by atoms with Crippen LogP contribution in [-0.4, -0.2) is 23.0 Å². The Hall–Kier alpha value is -3.17. The zero-order valence-electron chi connectivity index (χ0n) is 18.1. The van der Waals surface area contributed by atoms with Crippen LogP contribution in [0.25, 0.3) is 0 Å². The summed E-state index contributed by atoms with van der Waals surface area (Å²) in [5.74, 6) is -0.696. The molecule has 7 nitrogen and oxygen atoms in total. The summed E-state index contributed by atoms with van der Waals surface area (Å²) in [6, 6.07) is 14.1. The monoisotopic (exact) mass is 481 g/mol. The van der Waals surface area contributed by atoms with E-state index in [2.05, 4.69) is 10.6 Å². The quantitative estimate of drug-likeness (QED) is 0.266. The Morgan fingerprint density at radius 1 is 1.09 bits per heavy atom. The number of anilines is 1. The third kappa shape index (κ3) is 5.09. The number of hydrogen-bond acceptors (Lipinski definition) is 6. The largest absolute Gasteiger partial charge is 0.348 e. The van der Waals surface area contributed by atoms with Gasteiger partial charge in [-0.05, 0) is 55.2 Å². The molecule has 170 valence electrons.